The summed E-state index contributed by atoms with van der Waals surface area (Å²) in [7, 11) is 0. The third-order valence-electron chi connectivity index (χ3n) is 7.63. The Hall–Kier alpha value is -4.98. The third-order valence-corrected chi connectivity index (χ3v) is 7.63. The number of carbonyl (C=O) groups excluding carboxylic acids is 1. The van der Waals surface area contributed by atoms with Gasteiger partial charge in [-0.15, -0.1) is 0 Å². The molecule has 0 aliphatic carbocycles. The summed E-state index contributed by atoms with van der Waals surface area (Å²) in [6, 6.07) is 25.8. The minimum atomic E-state index is -5.04. The van der Waals surface area contributed by atoms with Gasteiger partial charge >= 0.3 is 12.4 Å². The second kappa shape index (κ2) is 16.2. The minimum absolute atomic E-state index is 0.0129. The Morgan fingerprint density at radius 1 is 0.700 bits per heavy atom. The lowest BCUT2D eigenvalue weighted by Gasteiger charge is -2.17. The molecule has 0 fully saturated rings. The van der Waals surface area contributed by atoms with Crippen molar-refractivity contribution in [2.75, 3.05) is 39.5 Å². The number of hydrogen-bond donors (Lipinski definition) is 2. The number of imidazole rings is 1. The van der Waals surface area contributed by atoms with Crippen molar-refractivity contribution in [3.8, 4) is 33.9 Å². The topological polar surface area (TPSA) is 91.4 Å². The molecule has 0 atom stereocenters. The minimum Gasteiger partial charge on any atom is -0.378 e. The smallest absolute Gasteiger partial charge is 0.378 e. The number of nitrogens with zero attached hydrogens (tertiary/aromatic N) is 2. The first-order valence-corrected chi connectivity index (χ1v) is 15.7. The van der Waals surface area contributed by atoms with Crippen molar-refractivity contribution < 1.29 is 40.6 Å². The highest BCUT2D eigenvalue weighted by Crippen LogP contribution is 2.41. The maximum atomic E-state index is 13.9. The summed E-state index contributed by atoms with van der Waals surface area (Å²) in [6.45, 7) is 2.15. The average Bonchev–Trinajstić information content (AvgIpc) is 3.48. The molecule has 13 heteroatoms. The molecule has 1 amide bonds. The van der Waals surface area contributed by atoms with Gasteiger partial charge in [-0.05, 0) is 35.9 Å². The molecule has 0 unspecified atom stereocenters. The Labute approximate surface area is 284 Å². The number of aromatic nitrogens is 2. The summed E-state index contributed by atoms with van der Waals surface area (Å²) in [4.78, 5) is 17.5. The predicted octanol–water partition coefficient (Wildman–Crippen LogP) is 7.69. The van der Waals surface area contributed by atoms with Gasteiger partial charge in [-0.25, -0.2) is 4.98 Å². The average molecular weight is 697 g/mol. The molecule has 0 spiro atoms. The predicted molar refractivity (Wildman–Crippen MR) is 177 cm³/mol. The van der Waals surface area contributed by atoms with Crippen molar-refractivity contribution in [2.24, 2.45) is 5.73 Å². The fourth-order valence-electron chi connectivity index (χ4n) is 5.29. The van der Waals surface area contributed by atoms with Gasteiger partial charge in [0.15, 0.2) is 0 Å². The van der Waals surface area contributed by atoms with E-state index in [-0.39, 0.29) is 43.1 Å². The highest BCUT2D eigenvalue weighted by Gasteiger charge is 2.37. The van der Waals surface area contributed by atoms with Crippen LogP contribution in [0.4, 0.5) is 26.3 Å². The summed E-state index contributed by atoms with van der Waals surface area (Å²) in [6.07, 6.45) is -10.1. The number of alkyl halides is 6. The van der Waals surface area contributed by atoms with Gasteiger partial charge in [-0.3, -0.25) is 4.79 Å². The molecule has 50 heavy (non-hydrogen) atoms. The van der Waals surface area contributed by atoms with Crippen molar-refractivity contribution in [3.05, 3.63) is 125 Å². The summed E-state index contributed by atoms with van der Waals surface area (Å²) in [5.41, 5.74) is 5.24. The molecule has 4 aromatic carbocycles. The van der Waals surface area contributed by atoms with E-state index in [1.807, 2.05) is 0 Å². The molecule has 0 radical (unpaired) electrons. The zero-order chi connectivity index (χ0) is 35.7. The molecule has 3 N–H and O–H groups in total. The lowest BCUT2D eigenvalue weighted by molar-refractivity contribution is -0.143. The number of benzene rings is 4. The number of nitrogens with one attached hydrogen (secondary N) is 1. The van der Waals surface area contributed by atoms with Crippen LogP contribution < -0.4 is 11.1 Å². The van der Waals surface area contributed by atoms with E-state index in [0.29, 0.717) is 72.1 Å². The second-order valence-corrected chi connectivity index (χ2v) is 11.2. The van der Waals surface area contributed by atoms with Crippen LogP contribution in [0.5, 0.6) is 0 Å². The molecule has 0 bridgehead atoms. The van der Waals surface area contributed by atoms with Gasteiger partial charge in [0.05, 0.1) is 48.9 Å². The molecule has 1 aromatic heterocycles. The molecule has 5 aromatic rings. The van der Waals surface area contributed by atoms with E-state index in [0.717, 1.165) is 0 Å². The number of nitrogens with two attached hydrogens (primary N) is 1. The third kappa shape index (κ3) is 9.17. The molecule has 0 saturated heterocycles. The van der Waals surface area contributed by atoms with E-state index in [1.54, 1.807) is 89.5 Å². The molecule has 0 aliphatic heterocycles. The number of rotatable bonds is 14. The Morgan fingerprint density at radius 2 is 1.26 bits per heavy atom. The number of carbonyl (C=O) groups is 1. The summed E-state index contributed by atoms with van der Waals surface area (Å²) in [5.74, 6) is -0.433. The fourth-order valence-corrected chi connectivity index (χ4v) is 5.29. The number of amides is 1. The summed E-state index contributed by atoms with van der Waals surface area (Å²) < 4.78 is 95.9. The van der Waals surface area contributed by atoms with Crippen LogP contribution in [0.1, 0.15) is 27.0 Å². The highest BCUT2D eigenvalue weighted by molar-refractivity contribution is 5.94. The molecule has 7 nitrogen and oxygen atoms in total. The van der Waals surface area contributed by atoms with Crippen molar-refractivity contribution in [2.45, 2.75) is 18.9 Å². The standard InChI is InChI=1S/C37H34F6N4O3/c38-36(39,40)30-21-29(22-31(23-30)37(41,42)43)34-46-32(26-7-3-1-4-8-26)33(27-9-5-2-6-10-27)47(34)24-25-11-13-28(14-12-25)35(48)45-16-18-50-20-19-49-17-15-44/h1-14,21-23H,15-20,24,44H2,(H,45,48). The normalized spacial score (nSPS) is 11.9. The van der Waals surface area contributed by atoms with Crippen molar-refractivity contribution >= 4 is 5.91 Å². The van der Waals surface area contributed by atoms with Gasteiger partial charge in [-0.2, -0.15) is 26.3 Å². The van der Waals surface area contributed by atoms with Gasteiger partial charge in [0.2, 0.25) is 0 Å². The van der Waals surface area contributed by atoms with Gasteiger partial charge in [-0.1, -0.05) is 72.8 Å². The lowest BCUT2D eigenvalue weighted by atomic mass is 10.0. The Morgan fingerprint density at radius 3 is 1.82 bits per heavy atom. The van der Waals surface area contributed by atoms with E-state index < -0.39 is 23.5 Å². The van der Waals surface area contributed by atoms with Gasteiger partial charge in [0.1, 0.15) is 5.82 Å². The van der Waals surface area contributed by atoms with Crippen LogP contribution in [0.3, 0.4) is 0 Å². The van der Waals surface area contributed by atoms with Crippen LogP contribution in [0.2, 0.25) is 0 Å². The van der Waals surface area contributed by atoms with Crippen LogP contribution >= 0.6 is 0 Å². The van der Waals surface area contributed by atoms with Crippen molar-refractivity contribution in [3.63, 3.8) is 0 Å². The molecule has 262 valence electrons. The zero-order valence-corrected chi connectivity index (χ0v) is 26.7. The monoisotopic (exact) mass is 696 g/mol. The van der Waals surface area contributed by atoms with Crippen LogP contribution in [-0.4, -0.2) is 55.0 Å². The highest BCUT2D eigenvalue weighted by atomic mass is 19.4. The summed E-state index contributed by atoms with van der Waals surface area (Å²) in [5, 5.41) is 2.76. The van der Waals surface area contributed by atoms with E-state index in [2.05, 4.69) is 5.32 Å². The summed E-state index contributed by atoms with van der Waals surface area (Å²) >= 11 is 0. The second-order valence-electron chi connectivity index (χ2n) is 11.2. The first kappa shape index (κ1) is 36.3. The molecule has 1 heterocycles. The number of halogens is 6. The van der Waals surface area contributed by atoms with Crippen LogP contribution in [0, 0.1) is 0 Å². The van der Waals surface area contributed by atoms with E-state index in [1.165, 1.54) is 0 Å². The van der Waals surface area contributed by atoms with Crippen molar-refractivity contribution in [1.29, 1.82) is 0 Å². The quantitative estimate of drug-likeness (QED) is 0.0918. The van der Waals surface area contributed by atoms with Gasteiger partial charge in [0, 0.05) is 41.9 Å². The SMILES string of the molecule is NCCOCCOCCNC(=O)c1ccc(Cn2c(-c3cc(C(F)(F)F)cc(C(F)(F)F)c3)nc(-c3ccccc3)c2-c2ccccc2)cc1. The fraction of sp³-hybridized carbons (Fsp3) is 0.243. The molecule has 0 saturated carbocycles. The first-order valence-electron chi connectivity index (χ1n) is 15.7. The van der Waals surface area contributed by atoms with E-state index >= 15 is 0 Å². The van der Waals surface area contributed by atoms with Crippen LogP contribution in [-0.2, 0) is 28.4 Å². The molecule has 0 aliphatic rings. The Kier molecular flexibility index (Phi) is 11.7. The number of hydrogen-bond acceptors (Lipinski definition) is 5. The lowest BCUT2D eigenvalue weighted by Crippen LogP contribution is -2.27. The van der Waals surface area contributed by atoms with Crippen LogP contribution in [0.15, 0.2) is 103 Å². The largest absolute Gasteiger partial charge is 0.416 e. The van der Waals surface area contributed by atoms with Gasteiger partial charge in [0.25, 0.3) is 5.91 Å². The Bertz CT molecular complexity index is 1830. The maximum absolute atomic E-state index is 13.9. The Balaban J connectivity index is 1.53. The molecule has 5 rings (SSSR count). The van der Waals surface area contributed by atoms with E-state index in [4.69, 9.17) is 20.2 Å². The maximum Gasteiger partial charge on any atom is 0.416 e. The zero-order valence-electron chi connectivity index (χ0n) is 26.7. The van der Waals surface area contributed by atoms with E-state index in [9.17, 15) is 31.1 Å². The first-order chi connectivity index (χ1) is 24.0. The number of ether oxygens (including phenoxy) is 2. The van der Waals surface area contributed by atoms with Gasteiger partial charge < -0.3 is 25.1 Å². The molecular weight excluding hydrogens is 662 g/mol. The van der Waals surface area contributed by atoms with Crippen molar-refractivity contribution in [1.82, 2.24) is 14.9 Å². The molecular formula is C37H34F6N4O3. The van der Waals surface area contributed by atoms with Crippen LogP contribution in [0.25, 0.3) is 33.9 Å².